The summed E-state index contributed by atoms with van der Waals surface area (Å²) in [5.41, 5.74) is 2.35. The quantitative estimate of drug-likeness (QED) is 0.412. The molecule has 0 amide bonds. The van der Waals surface area contributed by atoms with E-state index in [0.29, 0.717) is 12.2 Å². The van der Waals surface area contributed by atoms with E-state index in [1.807, 2.05) is 24.3 Å². The van der Waals surface area contributed by atoms with Crippen molar-refractivity contribution >= 4 is 29.5 Å². The molecule has 3 aliphatic rings. The van der Waals surface area contributed by atoms with Gasteiger partial charge in [-0.25, -0.2) is 0 Å². The Kier molecular flexibility index (Phi) is 6.66. The second-order valence-electron chi connectivity index (χ2n) is 10.1. The second kappa shape index (κ2) is 9.65. The van der Waals surface area contributed by atoms with Gasteiger partial charge in [0.25, 0.3) is 0 Å². The predicted molar refractivity (Wildman–Crippen MR) is 140 cm³/mol. The summed E-state index contributed by atoms with van der Waals surface area (Å²) in [5.74, 6) is -0.366. The van der Waals surface area contributed by atoms with E-state index in [1.165, 1.54) is 26.5 Å². The predicted octanol–water partition coefficient (Wildman–Crippen LogP) is 4.75. The second-order valence-corrected chi connectivity index (χ2v) is 11.3. The van der Waals surface area contributed by atoms with E-state index in [2.05, 4.69) is 31.0 Å². The SMILES string of the molecule is COC1=C[C@@H]2[C@@H]3[C@H](Sc4ccccc4C)c4ccc(OC(C)=O)c(OC(C)=O)c4[C@]2(CCN3C)CC1=O. The molecule has 0 spiro atoms. The first kappa shape index (κ1) is 25.5. The lowest BCUT2D eigenvalue weighted by molar-refractivity contribution is -0.134. The molecule has 2 bridgehead atoms. The molecule has 1 saturated heterocycles. The van der Waals surface area contributed by atoms with Crippen LogP contribution in [0.4, 0.5) is 0 Å². The molecule has 1 fully saturated rings. The number of carbonyl (C=O) groups excluding carboxylic acids is 3. The van der Waals surface area contributed by atoms with Crippen LogP contribution in [0, 0.1) is 12.8 Å². The Bertz CT molecular complexity index is 1320. The molecule has 0 unspecified atom stereocenters. The molecule has 0 N–H and O–H groups in total. The molecule has 8 heteroatoms. The summed E-state index contributed by atoms with van der Waals surface area (Å²) in [6.45, 7) is 5.52. The number of hydrogen-bond donors (Lipinski definition) is 0. The number of ether oxygens (including phenoxy) is 3. The van der Waals surface area contributed by atoms with Gasteiger partial charge in [0.2, 0.25) is 0 Å². The first-order valence-corrected chi connectivity index (χ1v) is 13.3. The van der Waals surface area contributed by atoms with E-state index in [1.54, 1.807) is 17.8 Å². The first-order chi connectivity index (χ1) is 17.7. The van der Waals surface area contributed by atoms with Crippen LogP contribution in [0.5, 0.6) is 11.5 Å². The summed E-state index contributed by atoms with van der Waals surface area (Å²) in [6, 6.07) is 12.0. The topological polar surface area (TPSA) is 82.1 Å². The fourth-order valence-corrected chi connectivity index (χ4v) is 7.84. The van der Waals surface area contributed by atoms with E-state index < -0.39 is 17.4 Å². The molecule has 5 rings (SSSR count). The van der Waals surface area contributed by atoms with Crippen LogP contribution < -0.4 is 9.47 Å². The zero-order chi connectivity index (χ0) is 26.5. The Morgan fingerprint density at radius 3 is 2.49 bits per heavy atom. The number of allylic oxidation sites excluding steroid dienone is 1. The van der Waals surface area contributed by atoms with Gasteiger partial charge in [-0.15, -0.1) is 11.8 Å². The average molecular weight is 522 g/mol. The molecule has 0 radical (unpaired) electrons. The summed E-state index contributed by atoms with van der Waals surface area (Å²) >= 11 is 1.77. The number of aryl methyl sites for hydroxylation is 1. The summed E-state index contributed by atoms with van der Waals surface area (Å²) < 4.78 is 16.9. The van der Waals surface area contributed by atoms with E-state index in [9.17, 15) is 14.4 Å². The standard InChI is InChI=1S/C29H31NO6S/c1-16-8-6-7-9-24(16)37-28-19-10-11-22(35-17(2)31)27(36-18(3)32)25(19)29-12-13-30(4)26(28)20(29)14-23(34-5)21(33)15-29/h6-11,14,20,26,28H,12-13,15H2,1-5H3/t20-,26-,28-,29-/m1/s1. The number of ketones is 1. The smallest absolute Gasteiger partial charge is 0.308 e. The first-order valence-electron chi connectivity index (χ1n) is 12.4. The minimum Gasteiger partial charge on any atom is -0.493 e. The van der Waals surface area contributed by atoms with Crippen LogP contribution in [0.25, 0.3) is 0 Å². The molecule has 7 nitrogen and oxygen atoms in total. The molecular formula is C29H31NO6S. The number of fused-ring (bicyclic) bond motifs is 1. The molecule has 2 aromatic rings. The Morgan fingerprint density at radius 1 is 1.08 bits per heavy atom. The van der Waals surface area contributed by atoms with Crippen molar-refractivity contribution in [1.29, 1.82) is 0 Å². The maximum atomic E-state index is 13.3. The Balaban J connectivity index is 1.81. The van der Waals surface area contributed by atoms with Crippen LogP contribution >= 0.6 is 11.8 Å². The number of methoxy groups -OCH3 is 1. The maximum absolute atomic E-state index is 13.3. The number of piperidine rings is 1. The van der Waals surface area contributed by atoms with Crippen LogP contribution in [0.1, 0.15) is 48.6 Å². The largest absolute Gasteiger partial charge is 0.493 e. The highest BCUT2D eigenvalue weighted by atomic mass is 32.2. The van der Waals surface area contributed by atoms with Gasteiger partial charge in [0.15, 0.2) is 23.0 Å². The fraction of sp³-hybridized carbons (Fsp3) is 0.414. The van der Waals surface area contributed by atoms with Crippen molar-refractivity contribution in [1.82, 2.24) is 4.90 Å². The number of benzene rings is 2. The van der Waals surface area contributed by atoms with E-state index in [-0.39, 0.29) is 40.9 Å². The number of esters is 2. The van der Waals surface area contributed by atoms with Gasteiger partial charge in [-0.1, -0.05) is 24.3 Å². The summed E-state index contributed by atoms with van der Waals surface area (Å²) in [6.07, 6.45) is 2.89. The molecular weight excluding hydrogens is 490 g/mol. The molecule has 1 heterocycles. The molecule has 194 valence electrons. The van der Waals surface area contributed by atoms with Gasteiger partial charge in [-0.2, -0.15) is 0 Å². The van der Waals surface area contributed by atoms with Crippen molar-refractivity contribution in [3.8, 4) is 11.5 Å². The number of likely N-dealkylation sites (N-methyl/N-ethyl adjacent to an activating group) is 1. The highest BCUT2D eigenvalue weighted by Crippen LogP contribution is 2.63. The number of rotatable bonds is 5. The molecule has 2 aliphatic carbocycles. The minimum atomic E-state index is -0.616. The Labute approximate surface area is 221 Å². The third kappa shape index (κ3) is 4.26. The van der Waals surface area contributed by atoms with Gasteiger partial charge in [-0.05, 0) is 56.3 Å². The third-order valence-electron chi connectivity index (χ3n) is 7.84. The minimum absolute atomic E-state index is 0.0391. The molecule has 2 aromatic carbocycles. The van der Waals surface area contributed by atoms with Gasteiger partial charge in [0, 0.05) is 48.1 Å². The van der Waals surface area contributed by atoms with E-state index >= 15 is 0 Å². The van der Waals surface area contributed by atoms with Crippen LogP contribution in [0.2, 0.25) is 0 Å². The zero-order valence-corrected chi connectivity index (χ0v) is 22.5. The maximum Gasteiger partial charge on any atom is 0.308 e. The summed E-state index contributed by atoms with van der Waals surface area (Å²) in [7, 11) is 3.66. The van der Waals surface area contributed by atoms with Crippen LogP contribution in [-0.4, -0.2) is 49.4 Å². The van der Waals surface area contributed by atoms with Gasteiger partial charge in [-0.3, -0.25) is 14.4 Å². The third-order valence-corrected chi connectivity index (χ3v) is 9.34. The van der Waals surface area contributed by atoms with Crippen molar-refractivity contribution in [2.75, 3.05) is 20.7 Å². The van der Waals surface area contributed by atoms with E-state index in [4.69, 9.17) is 14.2 Å². The molecule has 37 heavy (non-hydrogen) atoms. The van der Waals surface area contributed by atoms with Crippen molar-refractivity contribution in [3.05, 3.63) is 64.9 Å². The van der Waals surface area contributed by atoms with E-state index in [0.717, 1.165) is 22.6 Å². The normalized spacial score (nSPS) is 26.5. The molecule has 1 aliphatic heterocycles. The van der Waals surface area contributed by atoms with Gasteiger partial charge in [0.05, 0.1) is 12.4 Å². The zero-order valence-electron chi connectivity index (χ0n) is 21.7. The lowest BCUT2D eigenvalue weighted by Crippen LogP contribution is -2.61. The number of likely N-dealkylation sites (tertiary alicyclic amines) is 1. The van der Waals surface area contributed by atoms with Crippen LogP contribution in [0.3, 0.4) is 0 Å². The average Bonchev–Trinajstić information content (AvgIpc) is 2.84. The van der Waals surface area contributed by atoms with Crippen molar-refractivity contribution in [2.45, 2.75) is 55.2 Å². The Morgan fingerprint density at radius 2 is 1.81 bits per heavy atom. The highest BCUT2D eigenvalue weighted by molar-refractivity contribution is 7.99. The molecule has 0 aromatic heterocycles. The van der Waals surface area contributed by atoms with Crippen molar-refractivity contribution < 1.29 is 28.6 Å². The lowest BCUT2D eigenvalue weighted by Gasteiger charge is -2.59. The lowest BCUT2D eigenvalue weighted by atomic mass is 9.53. The number of nitrogens with zero attached hydrogens (tertiary/aromatic N) is 1. The van der Waals surface area contributed by atoms with Crippen LogP contribution in [0.15, 0.2) is 53.1 Å². The molecule has 4 atom stereocenters. The number of carbonyl (C=O) groups is 3. The molecule has 0 saturated carbocycles. The fourth-order valence-electron chi connectivity index (χ4n) is 6.32. The Hall–Kier alpha value is -3.10. The number of hydrogen-bond acceptors (Lipinski definition) is 8. The number of thioether (sulfide) groups is 1. The van der Waals surface area contributed by atoms with Crippen molar-refractivity contribution in [3.63, 3.8) is 0 Å². The summed E-state index contributed by atoms with van der Waals surface area (Å²) in [5, 5.41) is -0.0391. The van der Waals surface area contributed by atoms with Gasteiger partial charge in [0.1, 0.15) is 0 Å². The van der Waals surface area contributed by atoms with Gasteiger partial charge < -0.3 is 19.1 Å². The highest BCUT2D eigenvalue weighted by Gasteiger charge is 2.60. The van der Waals surface area contributed by atoms with Crippen LogP contribution in [-0.2, 0) is 24.5 Å². The van der Waals surface area contributed by atoms with Crippen molar-refractivity contribution in [2.24, 2.45) is 5.92 Å². The monoisotopic (exact) mass is 521 g/mol. The number of Topliss-reactive ketones (excluding diaryl/α,β-unsaturated/α-hetero) is 1. The summed E-state index contributed by atoms with van der Waals surface area (Å²) in [4.78, 5) is 41.1. The van der Waals surface area contributed by atoms with Gasteiger partial charge >= 0.3 is 11.9 Å².